The molecule has 0 saturated carbocycles. The van der Waals surface area contributed by atoms with Crippen LogP contribution in [-0.2, 0) is 19.4 Å². The number of likely N-dealkylation sites (N-methyl/N-ethyl adjacent to an activating group) is 1. The zero-order chi connectivity index (χ0) is 16.5. The Labute approximate surface area is 130 Å². The average Bonchev–Trinajstić information content (AvgIpc) is 2.81. The number of carbonyl (C=O) groups excluding carboxylic acids is 2. The molecule has 120 valence electrons. The Bertz CT molecular complexity index is 712. The van der Waals surface area contributed by atoms with Gasteiger partial charge < -0.3 is 10.2 Å². The third kappa shape index (κ3) is 3.65. The summed E-state index contributed by atoms with van der Waals surface area (Å²) in [6.45, 7) is 3.74. The van der Waals surface area contributed by atoms with Crippen LogP contribution in [0.5, 0.6) is 0 Å². The molecule has 0 radical (unpaired) electrons. The lowest BCUT2D eigenvalue weighted by atomic mass is 10.1. The molecule has 0 aliphatic carbocycles. The lowest BCUT2D eigenvalue weighted by molar-refractivity contribution is -0.143. The largest absolute Gasteiger partial charge is 0.333 e. The summed E-state index contributed by atoms with van der Waals surface area (Å²) in [5, 5.41) is 2.60. The zero-order valence-corrected chi connectivity index (χ0v) is 13.7. The van der Waals surface area contributed by atoms with Crippen LogP contribution < -0.4 is 5.32 Å². The lowest BCUT2D eigenvalue weighted by Crippen LogP contribution is -2.44. The van der Waals surface area contributed by atoms with Gasteiger partial charge in [0, 0.05) is 18.8 Å². The topological polar surface area (TPSA) is 83.6 Å². The number of hydrogen-bond donors (Lipinski definition) is 1. The van der Waals surface area contributed by atoms with Crippen molar-refractivity contribution in [3.63, 3.8) is 0 Å². The fourth-order valence-electron chi connectivity index (χ4n) is 2.45. The van der Waals surface area contributed by atoms with Crippen molar-refractivity contribution in [2.45, 2.75) is 26.3 Å². The van der Waals surface area contributed by atoms with Gasteiger partial charge in [0.2, 0.25) is 0 Å². The standard InChI is InChI=1S/C15H20N2O4S/c1-10-4-5-11(2)13(8-10)16-14(18)15(19)17(3)12-6-7-22(20,21)9-12/h4-5,8,12H,6-7,9H2,1-3H3,(H,16,18). The van der Waals surface area contributed by atoms with Crippen molar-refractivity contribution in [3.8, 4) is 0 Å². The molecular formula is C15H20N2O4S. The molecule has 0 aromatic heterocycles. The molecule has 1 atom stereocenters. The summed E-state index contributed by atoms with van der Waals surface area (Å²) in [6, 6.07) is 5.15. The van der Waals surface area contributed by atoms with Crippen LogP contribution in [0, 0.1) is 13.8 Å². The molecule has 1 unspecified atom stereocenters. The van der Waals surface area contributed by atoms with Crippen LogP contribution in [0.25, 0.3) is 0 Å². The summed E-state index contributed by atoms with van der Waals surface area (Å²) in [4.78, 5) is 25.5. The van der Waals surface area contributed by atoms with Gasteiger partial charge in [-0.15, -0.1) is 0 Å². The minimum Gasteiger partial charge on any atom is -0.333 e. The van der Waals surface area contributed by atoms with E-state index in [1.165, 1.54) is 11.9 Å². The van der Waals surface area contributed by atoms with E-state index in [9.17, 15) is 18.0 Å². The number of benzene rings is 1. The predicted molar refractivity (Wildman–Crippen MR) is 84.4 cm³/mol. The number of carbonyl (C=O) groups is 2. The highest BCUT2D eigenvalue weighted by molar-refractivity contribution is 7.91. The predicted octanol–water partition coefficient (Wildman–Crippen LogP) is 0.887. The number of amides is 2. The maximum atomic E-state index is 12.2. The van der Waals surface area contributed by atoms with Crippen LogP contribution in [0.3, 0.4) is 0 Å². The summed E-state index contributed by atoms with van der Waals surface area (Å²) in [5.74, 6) is -1.48. The second-order valence-corrected chi connectivity index (χ2v) is 7.97. The first-order valence-corrected chi connectivity index (χ1v) is 8.87. The first kappa shape index (κ1) is 16.5. The maximum Gasteiger partial charge on any atom is 0.313 e. The maximum absolute atomic E-state index is 12.2. The molecule has 1 aromatic rings. The highest BCUT2D eigenvalue weighted by atomic mass is 32.2. The molecule has 2 amide bonds. The van der Waals surface area contributed by atoms with Gasteiger partial charge in [-0.05, 0) is 37.5 Å². The Hall–Kier alpha value is -1.89. The van der Waals surface area contributed by atoms with Crippen molar-refractivity contribution in [1.82, 2.24) is 4.90 Å². The van der Waals surface area contributed by atoms with Crippen LogP contribution >= 0.6 is 0 Å². The van der Waals surface area contributed by atoms with Crippen LogP contribution in [0.1, 0.15) is 17.5 Å². The molecule has 2 rings (SSSR count). The highest BCUT2D eigenvalue weighted by Gasteiger charge is 2.34. The molecule has 1 N–H and O–H groups in total. The summed E-state index contributed by atoms with van der Waals surface area (Å²) in [7, 11) is -1.63. The Morgan fingerprint density at radius 2 is 1.95 bits per heavy atom. The molecular weight excluding hydrogens is 304 g/mol. The first-order valence-electron chi connectivity index (χ1n) is 7.05. The van der Waals surface area contributed by atoms with E-state index in [0.717, 1.165) is 11.1 Å². The van der Waals surface area contributed by atoms with E-state index in [1.807, 2.05) is 26.0 Å². The van der Waals surface area contributed by atoms with E-state index in [0.29, 0.717) is 12.1 Å². The average molecular weight is 324 g/mol. The van der Waals surface area contributed by atoms with Crippen molar-refractivity contribution < 1.29 is 18.0 Å². The van der Waals surface area contributed by atoms with Gasteiger partial charge in [-0.1, -0.05) is 12.1 Å². The van der Waals surface area contributed by atoms with E-state index < -0.39 is 27.7 Å². The minimum absolute atomic E-state index is 0.0634. The molecule has 22 heavy (non-hydrogen) atoms. The minimum atomic E-state index is -3.10. The number of rotatable bonds is 2. The lowest BCUT2D eigenvalue weighted by Gasteiger charge is -2.22. The molecule has 7 heteroatoms. The molecule has 0 bridgehead atoms. The van der Waals surface area contributed by atoms with Crippen molar-refractivity contribution in [3.05, 3.63) is 29.3 Å². The third-order valence-corrected chi connectivity index (χ3v) is 5.66. The van der Waals surface area contributed by atoms with Gasteiger partial charge in [-0.3, -0.25) is 9.59 Å². The van der Waals surface area contributed by atoms with E-state index >= 15 is 0 Å². The van der Waals surface area contributed by atoms with Crippen LogP contribution in [-0.4, -0.2) is 49.7 Å². The molecule has 1 heterocycles. The van der Waals surface area contributed by atoms with Gasteiger partial charge in [-0.25, -0.2) is 8.42 Å². The van der Waals surface area contributed by atoms with Crippen LogP contribution in [0.15, 0.2) is 18.2 Å². The Morgan fingerprint density at radius 1 is 1.27 bits per heavy atom. The monoisotopic (exact) mass is 324 g/mol. The molecule has 1 saturated heterocycles. The van der Waals surface area contributed by atoms with E-state index in [2.05, 4.69) is 5.32 Å². The first-order chi connectivity index (χ1) is 10.2. The molecule has 1 aliphatic rings. The summed E-state index contributed by atoms with van der Waals surface area (Å²) < 4.78 is 22.9. The summed E-state index contributed by atoms with van der Waals surface area (Å²) in [5.41, 5.74) is 2.42. The van der Waals surface area contributed by atoms with Crippen molar-refractivity contribution in [2.24, 2.45) is 0 Å². The van der Waals surface area contributed by atoms with E-state index in [4.69, 9.17) is 0 Å². The number of hydrogen-bond acceptors (Lipinski definition) is 4. The fourth-order valence-corrected chi connectivity index (χ4v) is 4.23. The van der Waals surface area contributed by atoms with Crippen molar-refractivity contribution in [2.75, 3.05) is 23.9 Å². The Kier molecular flexibility index (Phi) is 4.55. The van der Waals surface area contributed by atoms with Gasteiger partial charge in [0.15, 0.2) is 9.84 Å². The number of nitrogens with one attached hydrogen (secondary N) is 1. The number of aryl methyl sites for hydroxylation is 2. The van der Waals surface area contributed by atoms with Gasteiger partial charge >= 0.3 is 11.8 Å². The van der Waals surface area contributed by atoms with Gasteiger partial charge in [0.05, 0.1) is 11.5 Å². The molecule has 0 spiro atoms. The summed E-state index contributed by atoms with van der Waals surface area (Å²) in [6.07, 6.45) is 0.376. The number of sulfone groups is 1. The molecule has 1 fully saturated rings. The Balaban J connectivity index is 2.06. The summed E-state index contributed by atoms with van der Waals surface area (Å²) >= 11 is 0. The van der Waals surface area contributed by atoms with Gasteiger partial charge in [0.1, 0.15) is 0 Å². The van der Waals surface area contributed by atoms with Crippen molar-refractivity contribution >= 4 is 27.3 Å². The van der Waals surface area contributed by atoms with Crippen LogP contribution in [0.4, 0.5) is 5.69 Å². The zero-order valence-electron chi connectivity index (χ0n) is 12.9. The van der Waals surface area contributed by atoms with Crippen LogP contribution in [0.2, 0.25) is 0 Å². The second-order valence-electron chi connectivity index (χ2n) is 5.75. The number of nitrogens with zero attached hydrogens (tertiary/aromatic N) is 1. The molecule has 1 aliphatic heterocycles. The molecule has 6 nitrogen and oxygen atoms in total. The highest BCUT2D eigenvalue weighted by Crippen LogP contribution is 2.19. The quantitative estimate of drug-likeness (QED) is 0.819. The Morgan fingerprint density at radius 3 is 2.55 bits per heavy atom. The van der Waals surface area contributed by atoms with Crippen molar-refractivity contribution in [1.29, 1.82) is 0 Å². The van der Waals surface area contributed by atoms with Gasteiger partial charge in [0.25, 0.3) is 0 Å². The van der Waals surface area contributed by atoms with Gasteiger partial charge in [-0.2, -0.15) is 0 Å². The normalized spacial score (nSPS) is 19.7. The smallest absolute Gasteiger partial charge is 0.313 e. The SMILES string of the molecule is Cc1ccc(C)c(NC(=O)C(=O)N(C)C2CCS(=O)(=O)C2)c1. The third-order valence-electron chi connectivity index (χ3n) is 3.91. The van der Waals surface area contributed by atoms with E-state index in [-0.39, 0.29) is 11.5 Å². The molecule has 1 aromatic carbocycles. The fraction of sp³-hybridized carbons (Fsp3) is 0.467. The second kappa shape index (κ2) is 6.08. The van der Waals surface area contributed by atoms with E-state index in [1.54, 1.807) is 6.07 Å². The number of anilines is 1.